The molecule has 0 N–H and O–H groups in total. The molecule has 124 valence electrons. The summed E-state index contributed by atoms with van der Waals surface area (Å²) in [6.07, 6.45) is 0.751. The fourth-order valence-corrected chi connectivity index (χ4v) is 2.06. The van der Waals surface area contributed by atoms with Gasteiger partial charge in [-0.05, 0) is 18.2 Å². The van der Waals surface area contributed by atoms with E-state index in [2.05, 4.69) is 0 Å². The van der Waals surface area contributed by atoms with Gasteiger partial charge in [0.05, 0.1) is 25.4 Å². The molecule has 7 nitrogen and oxygen atoms in total. The van der Waals surface area contributed by atoms with Crippen molar-refractivity contribution in [2.75, 3.05) is 33.0 Å². The summed E-state index contributed by atoms with van der Waals surface area (Å²) in [6.45, 7) is 2.75. The van der Waals surface area contributed by atoms with Crippen molar-refractivity contribution in [3.8, 4) is 11.5 Å². The first-order chi connectivity index (χ1) is 11.3. The molecule has 0 saturated carbocycles. The monoisotopic (exact) mass is 322 g/mol. The van der Waals surface area contributed by atoms with Gasteiger partial charge in [0, 0.05) is 6.42 Å². The lowest BCUT2D eigenvalue weighted by Crippen LogP contribution is -2.32. The van der Waals surface area contributed by atoms with Gasteiger partial charge in [0.15, 0.2) is 11.5 Å². The Hall–Kier alpha value is -1.83. The smallest absolute Gasteiger partial charge is 0.338 e. The lowest BCUT2D eigenvalue weighted by atomic mass is 10.2. The zero-order valence-electron chi connectivity index (χ0n) is 12.6. The molecular weight excluding hydrogens is 304 g/mol. The van der Waals surface area contributed by atoms with E-state index >= 15 is 0 Å². The average molecular weight is 322 g/mol. The van der Waals surface area contributed by atoms with E-state index in [0.29, 0.717) is 43.5 Å². The number of hydrogen-bond donors (Lipinski definition) is 0. The van der Waals surface area contributed by atoms with Crippen LogP contribution in [0.3, 0.4) is 0 Å². The van der Waals surface area contributed by atoms with E-state index in [1.807, 2.05) is 0 Å². The van der Waals surface area contributed by atoms with Crippen molar-refractivity contribution in [3.05, 3.63) is 23.8 Å². The van der Waals surface area contributed by atoms with Gasteiger partial charge in [-0.3, -0.25) is 0 Å². The molecule has 0 bridgehead atoms. The number of ether oxygens (including phenoxy) is 6. The maximum absolute atomic E-state index is 12.1. The van der Waals surface area contributed by atoms with Crippen LogP contribution < -0.4 is 9.47 Å². The molecule has 3 atom stereocenters. The summed E-state index contributed by atoms with van der Waals surface area (Å²) >= 11 is 0. The number of rotatable bonds is 8. The van der Waals surface area contributed by atoms with Crippen LogP contribution in [0, 0.1) is 0 Å². The Bertz CT molecular complexity index is 576. The third-order valence-electron chi connectivity index (χ3n) is 3.72. The van der Waals surface area contributed by atoms with Crippen LogP contribution in [0.2, 0.25) is 0 Å². The van der Waals surface area contributed by atoms with E-state index in [1.165, 1.54) is 0 Å². The van der Waals surface area contributed by atoms with Crippen LogP contribution in [0.4, 0.5) is 0 Å². The summed E-state index contributed by atoms with van der Waals surface area (Å²) in [4.78, 5) is 12.1. The maximum Gasteiger partial charge on any atom is 0.338 e. The van der Waals surface area contributed by atoms with Crippen molar-refractivity contribution < 1.29 is 33.2 Å². The molecule has 0 spiro atoms. The summed E-state index contributed by atoms with van der Waals surface area (Å²) in [7, 11) is 0. The van der Waals surface area contributed by atoms with Crippen LogP contribution in [0.1, 0.15) is 16.8 Å². The second-order valence-electron chi connectivity index (χ2n) is 5.69. The van der Waals surface area contributed by atoms with Crippen LogP contribution in [0.5, 0.6) is 11.5 Å². The second-order valence-corrected chi connectivity index (χ2v) is 5.69. The summed E-state index contributed by atoms with van der Waals surface area (Å²) in [5, 5.41) is 0. The molecule has 0 aromatic heterocycles. The first-order valence-corrected chi connectivity index (χ1v) is 7.73. The van der Waals surface area contributed by atoms with Crippen LogP contribution in [-0.4, -0.2) is 57.5 Å². The molecule has 7 heteroatoms. The predicted molar refractivity (Wildman–Crippen MR) is 76.7 cm³/mol. The Morgan fingerprint density at radius 3 is 2.48 bits per heavy atom. The normalized spacial score (nSPS) is 27.7. The van der Waals surface area contributed by atoms with Gasteiger partial charge >= 0.3 is 5.97 Å². The zero-order valence-corrected chi connectivity index (χ0v) is 12.6. The predicted octanol–water partition coefficient (Wildman–Crippen LogP) is 1.14. The summed E-state index contributed by atoms with van der Waals surface area (Å²) in [5.74, 6) is 0.644. The van der Waals surface area contributed by atoms with Crippen LogP contribution >= 0.6 is 0 Å². The number of carbonyl (C=O) groups excluding carboxylic acids is 1. The molecule has 23 heavy (non-hydrogen) atoms. The first kappa shape index (κ1) is 14.7. The Labute approximate surface area is 133 Å². The third kappa shape index (κ3) is 3.93. The largest absolute Gasteiger partial charge is 0.487 e. The van der Waals surface area contributed by atoms with Gasteiger partial charge in [-0.25, -0.2) is 4.79 Å². The second kappa shape index (κ2) is 6.35. The van der Waals surface area contributed by atoms with Gasteiger partial charge in [-0.15, -0.1) is 0 Å². The molecule has 0 aliphatic carbocycles. The van der Waals surface area contributed by atoms with E-state index in [-0.39, 0.29) is 25.1 Å². The molecule has 0 amide bonds. The molecule has 3 fully saturated rings. The lowest BCUT2D eigenvalue weighted by Gasteiger charge is -2.27. The molecular formula is C16H18O7. The lowest BCUT2D eigenvalue weighted by molar-refractivity contribution is -0.165. The minimum absolute atomic E-state index is 0.0417. The van der Waals surface area contributed by atoms with E-state index in [4.69, 9.17) is 28.4 Å². The van der Waals surface area contributed by atoms with Gasteiger partial charge in [0.1, 0.15) is 25.4 Å². The van der Waals surface area contributed by atoms with E-state index in [1.54, 1.807) is 18.2 Å². The summed E-state index contributed by atoms with van der Waals surface area (Å²) in [6, 6.07) is 4.99. The zero-order chi connectivity index (χ0) is 15.6. The molecule has 4 rings (SSSR count). The number of benzene rings is 1. The average Bonchev–Trinajstić information content (AvgIpc) is 3.41. The highest BCUT2D eigenvalue weighted by Gasteiger charge is 2.27. The van der Waals surface area contributed by atoms with Crippen LogP contribution in [0.15, 0.2) is 18.2 Å². The molecule has 3 heterocycles. The topological polar surface area (TPSA) is 79.1 Å². The highest BCUT2D eigenvalue weighted by atomic mass is 16.7. The van der Waals surface area contributed by atoms with Crippen molar-refractivity contribution in [2.45, 2.75) is 24.9 Å². The highest BCUT2D eigenvalue weighted by molar-refractivity contribution is 5.90. The van der Waals surface area contributed by atoms with Crippen LogP contribution in [-0.2, 0) is 18.9 Å². The van der Waals surface area contributed by atoms with Gasteiger partial charge in [-0.2, -0.15) is 0 Å². The van der Waals surface area contributed by atoms with Crippen molar-refractivity contribution in [1.82, 2.24) is 0 Å². The van der Waals surface area contributed by atoms with Gasteiger partial charge in [0.25, 0.3) is 0 Å². The quantitative estimate of drug-likeness (QED) is 0.524. The Kier molecular flexibility index (Phi) is 4.07. The molecule has 3 saturated heterocycles. The molecule has 1 aromatic carbocycles. The molecule has 1 aromatic rings. The SMILES string of the molecule is O=C(OCC1CO1)c1ccc(OC2CCO2)c(OCC2CO2)c1. The fourth-order valence-electron chi connectivity index (χ4n) is 2.06. The molecule has 0 radical (unpaired) electrons. The number of hydrogen-bond acceptors (Lipinski definition) is 7. The molecule has 3 unspecified atom stereocenters. The Morgan fingerprint density at radius 2 is 1.83 bits per heavy atom. The van der Waals surface area contributed by atoms with Crippen molar-refractivity contribution in [2.24, 2.45) is 0 Å². The number of carbonyl (C=O) groups is 1. The van der Waals surface area contributed by atoms with Crippen molar-refractivity contribution in [1.29, 1.82) is 0 Å². The highest BCUT2D eigenvalue weighted by Crippen LogP contribution is 2.32. The van der Waals surface area contributed by atoms with Crippen molar-refractivity contribution in [3.63, 3.8) is 0 Å². The van der Waals surface area contributed by atoms with Gasteiger partial charge in [-0.1, -0.05) is 0 Å². The fraction of sp³-hybridized carbons (Fsp3) is 0.562. The van der Waals surface area contributed by atoms with Gasteiger partial charge < -0.3 is 28.4 Å². The molecule has 3 aliphatic heterocycles. The first-order valence-electron chi connectivity index (χ1n) is 7.73. The Morgan fingerprint density at radius 1 is 1.09 bits per heavy atom. The van der Waals surface area contributed by atoms with E-state index < -0.39 is 5.97 Å². The van der Waals surface area contributed by atoms with Gasteiger partial charge in [0.2, 0.25) is 6.29 Å². The minimum Gasteiger partial charge on any atom is -0.487 e. The van der Waals surface area contributed by atoms with E-state index in [9.17, 15) is 4.79 Å². The third-order valence-corrected chi connectivity index (χ3v) is 3.72. The summed E-state index contributed by atoms with van der Waals surface area (Å²) < 4.78 is 32.1. The minimum atomic E-state index is -0.403. The molecule has 3 aliphatic rings. The number of esters is 1. The summed E-state index contributed by atoms with van der Waals surface area (Å²) in [5.41, 5.74) is 0.416. The standard InChI is InChI=1S/C16H18O7/c17-16(22-9-12-7-20-12)10-1-2-13(23-15-3-4-18-15)14(5-10)21-8-11-6-19-11/h1-2,5,11-12,15H,3-4,6-9H2. The Balaban J connectivity index is 1.44. The van der Waals surface area contributed by atoms with Crippen LogP contribution in [0.25, 0.3) is 0 Å². The van der Waals surface area contributed by atoms with E-state index in [0.717, 1.165) is 6.42 Å². The maximum atomic E-state index is 12.1. The number of epoxide rings is 2. The van der Waals surface area contributed by atoms with Crippen molar-refractivity contribution >= 4 is 5.97 Å².